The third-order valence-electron chi connectivity index (χ3n) is 7.28. The molecule has 0 aliphatic heterocycles. The fourth-order valence-electron chi connectivity index (χ4n) is 4.53. The highest BCUT2D eigenvalue weighted by Gasteiger charge is 2.27. The first-order valence-corrected chi connectivity index (χ1v) is 14.2. The van der Waals surface area contributed by atoms with Gasteiger partial charge in [0, 0.05) is 43.4 Å². The van der Waals surface area contributed by atoms with E-state index in [1.165, 1.54) is 23.1 Å². The number of halogens is 1. The van der Waals surface area contributed by atoms with Crippen LogP contribution < -0.4 is 16.0 Å². The van der Waals surface area contributed by atoms with Crippen LogP contribution in [0.15, 0.2) is 42.6 Å². The molecule has 0 radical (unpaired) electrons. The van der Waals surface area contributed by atoms with Crippen LogP contribution in [0.25, 0.3) is 0 Å². The topological polar surface area (TPSA) is 102 Å². The van der Waals surface area contributed by atoms with E-state index < -0.39 is 6.04 Å². The molecule has 1 aromatic heterocycles. The van der Waals surface area contributed by atoms with Crippen LogP contribution in [-0.4, -0.2) is 77.4 Å². The number of likely N-dealkylation sites (N-methyl/N-ethyl adjacent to an activating group) is 2. The molecule has 2 amide bonds. The van der Waals surface area contributed by atoms with Gasteiger partial charge in [-0.05, 0) is 77.4 Å². The van der Waals surface area contributed by atoms with E-state index in [-0.39, 0.29) is 29.6 Å². The first-order chi connectivity index (χ1) is 19.7. The van der Waals surface area contributed by atoms with E-state index >= 15 is 0 Å². The third kappa shape index (κ3) is 9.29. The van der Waals surface area contributed by atoms with Gasteiger partial charge in [-0.25, -0.2) is 9.37 Å². The van der Waals surface area contributed by atoms with Gasteiger partial charge in [0.05, 0.1) is 11.8 Å². The lowest BCUT2D eigenvalue weighted by Crippen LogP contribution is -2.49. The number of benzene rings is 1. The van der Waals surface area contributed by atoms with Crippen molar-refractivity contribution < 1.29 is 14.0 Å². The maximum Gasteiger partial charge on any atom is 0.246 e. The van der Waals surface area contributed by atoms with E-state index in [0.29, 0.717) is 30.0 Å². The maximum absolute atomic E-state index is 13.2. The van der Waals surface area contributed by atoms with E-state index in [1.807, 2.05) is 19.0 Å². The Balaban J connectivity index is 1.36. The van der Waals surface area contributed by atoms with Crippen LogP contribution >= 0.6 is 0 Å². The SMILES string of the molecule is C[C@@H](C(=O)N[C@H]1CCC[C@@H](C#Cc2cnc(Nc3ccc(F)cc3)nc2NC2CC2)C1)N(C)C(=O)/C=C/CN(C)C. The van der Waals surface area contributed by atoms with Gasteiger partial charge in [0.1, 0.15) is 17.7 Å². The second-order valence-electron chi connectivity index (χ2n) is 11.1. The highest BCUT2D eigenvalue weighted by atomic mass is 19.1. The number of hydrogen-bond donors (Lipinski definition) is 3. The highest BCUT2D eigenvalue weighted by molar-refractivity contribution is 5.92. The molecular weight excluding hydrogens is 521 g/mol. The Kier molecular flexibility index (Phi) is 10.3. The van der Waals surface area contributed by atoms with Crippen molar-refractivity contribution in [3.63, 3.8) is 0 Å². The standard InChI is InChI=1S/C31H40FN7O2/c1-21(39(4)28(40)9-6-18-38(2)3)30(41)35-27-8-5-7-22(19-27)10-11-23-20-33-31(37-29(23)34-25-16-17-25)36-26-14-12-24(32)13-15-26/h6,9,12-15,20-22,25,27H,5,7-8,16-19H2,1-4H3,(H,35,41)(H2,33,34,36,37)/b9-6+/t21-,22-,27-/m0/s1. The summed E-state index contributed by atoms with van der Waals surface area (Å²) in [6, 6.07) is 5.86. The van der Waals surface area contributed by atoms with Crippen molar-refractivity contribution in [2.24, 2.45) is 5.92 Å². The van der Waals surface area contributed by atoms with Gasteiger partial charge in [0.15, 0.2) is 0 Å². The normalized spacial score (nSPS) is 19.3. The van der Waals surface area contributed by atoms with Crippen molar-refractivity contribution in [2.45, 2.75) is 63.6 Å². The van der Waals surface area contributed by atoms with Gasteiger partial charge < -0.3 is 25.8 Å². The Labute approximate surface area is 242 Å². The minimum atomic E-state index is -0.576. The maximum atomic E-state index is 13.2. The van der Waals surface area contributed by atoms with Gasteiger partial charge in [0.25, 0.3) is 0 Å². The second kappa shape index (κ2) is 14.1. The highest BCUT2D eigenvalue weighted by Crippen LogP contribution is 2.27. The number of hydrogen-bond acceptors (Lipinski definition) is 7. The number of nitrogens with one attached hydrogen (secondary N) is 3. The van der Waals surface area contributed by atoms with Crippen molar-refractivity contribution >= 4 is 29.3 Å². The summed E-state index contributed by atoms with van der Waals surface area (Å²) in [7, 11) is 5.51. The summed E-state index contributed by atoms with van der Waals surface area (Å²) < 4.78 is 13.2. The molecule has 3 atom stereocenters. The minimum Gasteiger partial charge on any atom is -0.366 e. The molecule has 10 heteroatoms. The lowest BCUT2D eigenvalue weighted by atomic mass is 9.86. The number of carbonyl (C=O) groups excluding carboxylic acids is 2. The van der Waals surface area contributed by atoms with Crippen LogP contribution in [0.2, 0.25) is 0 Å². The predicted octanol–water partition coefficient (Wildman–Crippen LogP) is 3.92. The number of carbonyl (C=O) groups is 2. The molecule has 2 aliphatic rings. The lowest BCUT2D eigenvalue weighted by molar-refractivity contribution is -0.135. The van der Waals surface area contributed by atoms with Gasteiger partial charge in [-0.1, -0.05) is 24.3 Å². The van der Waals surface area contributed by atoms with E-state index in [4.69, 9.17) is 0 Å². The van der Waals surface area contributed by atoms with Crippen LogP contribution in [0.3, 0.4) is 0 Å². The zero-order chi connectivity index (χ0) is 29.4. The number of anilines is 3. The zero-order valence-corrected chi connectivity index (χ0v) is 24.3. The Bertz CT molecular complexity index is 1300. The number of aromatic nitrogens is 2. The minimum absolute atomic E-state index is 0.00776. The fourth-order valence-corrected chi connectivity index (χ4v) is 4.53. The Morgan fingerprint density at radius 3 is 2.59 bits per heavy atom. The van der Waals surface area contributed by atoms with Gasteiger partial charge >= 0.3 is 0 Å². The fraction of sp³-hybridized carbons (Fsp3) is 0.484. The van der Waals surface area contributed by atoms with E-state index in [9.17, 15) is 14.0 Å². The van der Waals surface area contributed by atoms with Crippen LogP contribution in [0.1, 0.15) is 51.0 Å². The van der Waals surface area contributed by atoms with E-state index in [0.717, 1.165) is 44.1 Å². The molecule has 2 aromatic rings. The zero-order valence-electron chi connectivity index (χ0n) is 24.3. The van der Waals surface area contributed by atoms with Crippen molar-refractivity contribution in [1.29, 1.82) is 0 Å². The van der Waals surface area contributed by atoms with Crippen molar-refractivity contribution in [1.82, 2.24) is 25.1 Å². The molecule has 2 saturated carbocycles. The molecule has 0 bridgehead atoms. The molecular formula is C31H40FN7O2. The average Bonchev–Trinajstić information content (AvgIpc) is 3.77. The van der Waals surface area contributed by atoms with Crippen molar-refractivity contribution in [3.05, 3.63) is 54.0 Å². The van der Waals surface area contributed by atoms with Crippen LogP contribution in [0, 0.1) is 23.6 Å². The quantitative estimate of drug-likeness (QED) is 0.299. The molecule has 0 spiro atoms. The summed E-state index contributed by atoms with van der Waals surface area (Å²) in [5.74, 6) is 7.24. The first kappa shape index (κ1) is 30.0. The Hall–Kier alpha value is -3.97. The summed E-state index contributed by atoms with van der Waals surface area (Å²) in [6.45, 7) is 2.40. The molecule has 4 rings (SSSR count). The largest absolute Gasteiger partial charge is 0.366 e. The second-order valence-corrected chi connectivity index (χ2v) is 11.1. The third-order valence-corrected chi connectivity index (χ3v) is 7.28. The molecule has 3 N–H and O–H groups in total. The first-order valence-electron chi connectivity index (χ1n) is 14.2. The molecule has 1 aromatic carbocycles. The Morgan fingerprint density at radius 2 is 1.88 bits per heavy atom. The van der Waals surface area contributed by atoms with Crippen molar-refractivity contribution in [3.8, 4) is 11.8 Å². The van der Waals surface area contributed by atoms with Gasteiger partial charge in [-0.15, -0.1) is 0 Å². The molecule has 1 heterocycles. The van der Waals surface area contributed by atoms with Gasteiger partial charge in [-0.2, -0.15) is 4.98 Å². The smallest absolute Gasteiger partial charge is 0.246 e. The number of nitrogens with zero attached hydrogens (tertiary/aromatic N) is 4. The molecule has 2 aliphatic carbocycles. The predicted molar refractivity (Wildman–Crippen MR) is 159 cm³/mol. The van der Waals surface area contributed by atoms with Crippen molar-refractivity contribution in [2.75, 3.05) is 38.3 Å². The number of amides is 2. The molecule has 9 nitrogen and oxygen atoms in total. The summed E-state index contributed by atoms with van der Waals surface area (Å²) in [5.41, 5.74) is 1.42. The Morgan fingerprint density at radius 1 is 1.12 bits per heavy atom. The van der Waals surface area contributed by atoms with Crippen LogP contribution in [0.5, 0.6) is 0 Å². The average molecular weight is 562 g/mol. The molecule has 41 heavy (non-hydrogen) atoms. The van der Waals surface area contributed by atoms with Gasteiger partial charge in [0.2, 0.25) is 17.8 Å². The summed E-state index contributed by atoms with van der Waals surface area (Å²) in [6.07, 6.45) is 10.8. The molecule has 2 fully saturated rings. The monoisotopic (exact) mass is 561 g/mol. The van der Waals surface area contributed by atoms with E-state index in [1.54, 1.807) is 38.4 Å². The summed E-state index contributed by atoms with van der Waals surface area (Å²) >= 11 is 0. The summed E-state index contributed by atoms with van der Waals surface area (Å²) in [4.78, 5) is 37.9. The number of rotatable bonds is 10. The molecule has 0 saturated heterocycles. The summed E-state index contributed by atoms with van der Waals surface area (Å²) in [5, 5.41) is 9.69. The molecule has 218 valence electrons. The van der Waals surface area contributed by atoms with Gasteiger partial charge in [-0.3, -0.25) is 9.59 Å². The lowest BCUT2D eigenvalue weighted by Gasteiger charge is -2.30. The van der Waals surface area contributed by atoms with Crippen LogP contribution in [-0.2, 0) is 9.59 Å². The van der Waals surface area contributed by atoms with Crippen LogP contribution in [0.4, 0.5) is 21.8 Å². The molecule has 0 unspecified atom stereocenters. The van der Waals surface area contributed by atoms with E-state index in [2.05, 4.69) is 37.8 Å².